The van der Waals surface area contributed by atoms with E-state index in [9.17, 15) is 23.1 Å². The van der Waals surface area contributed by atoms with Crippen LogP contribution in [0.5, 0.6) is 5.88 Å². The van der Waals surface area contributed by atoms with Crippen LogP contribution >= 0.6 is 34.3 Å². The number of hydrogen-bond acceptors (Lipinski definition) is 6. The first-order valence-corrected chi connectivity index (χ1v) is 9.72. The molecule has 0 aliphatic carbocycles. The van der Waals surface area contributed by atoms with E-state index in [1.807, 2.05) is 0 Å². The highest BCUT2D eigenvalue weighted by Crippen LogP contribution is 2.33. The van der Waals surface area contributed by atoms with Gasteiger partial charge in [0.25, 0.3) is 17.1 Å². The topological polar surface area (TPSA) is 72.1 Å². The average Bonchev–Trinajstić information content (AvgIpc) is 3.34. The lowest BCUT2D eigenvalue weighted by molar-refractivity contribution is -0.521. The number of thiazole rings is 2. The van der Waals surface area contributed by atoms with Crippen LogP contribution in [-0.4, -0.2) is 25.4 Å². The molecule has 4 aromatic rings. The zero-order valence-corrected chi connectivity index (χ0v) is 16.0. The highest BCUT2D eigenvalue weighted by molar-refractivity contribution is 7.15. The van der Waals surface area contributed by atoms with Crippen LogP contribution in [-0.2, 0) is 12.7 Å². The molecule has 0 saturated heterocycles. The Kier molecular flexibility index (Phi) is 4.60. The smallest absolute Gasteiger partial charge is 0.443 e. The van der Waals surface area contributed by atoms with Gasteiger partial charge in [0, 0.05) is 17.6 Å². The summed E-state index contributed by atoms with van der Waals surface area (Å²) in [5, 5.41) is 10.5. The largest absolute Gasteiger partial charge is 0.474 e. The molecule has 0 amide bonds. The Balaban J connectivity index is 1.85. The second kappa shape index (κ2) is 6.83. The van der Waals surface area contributed by atoms with Gasteiger partial charge in [0.05, 0.1) is 11.1 Å². The van der Waals surface area contributed by atoms with Crippen molar-refractivity contribution in [2.75, 3.05) is 0 Å². The first-order valence-electron chi connectivity index (χ1n) is 7.65. The number of pyridine rings is 1. The van der Waals surface area contributed by atoms with Crippen molar-refractivity contribution in [3.63, 3.8) is 0 Å². The molecule has 0 spiro atoms. The molecule has 6 nitrogen and oxygen atoms in total. The number of aromatic nitrogens is 4. The minimum atomic E-state index is -4.65. The van der Waals surface area contributed by atoms with Crippen LogP contribution in [0.15, 0.2) is 36.0 Å². The van der Waals surface area contributed by atoms with Crippen LogP contribution in [0.3, 0.4) is 0 Å². The molecule has 0 saturated carbocycles. The number of carbonyl (C=O) groups excluding carboxylic acids is 1. The third-order valence-electron chi connectivity index (χ3n) is 3.86. The summed E-state index contributed by atoms with van der Waals surface area (Å²) < 4.78 is 41.7. The Labute approximate surface area is 168 Å². The normalized spacial score (nSPS) is 12.0. The highest BCUT2D eigenvalue weighted by Gasteiger charge is 2.38. The standard InChI is InChI=1S/C16H8ClF3N4O2S2/c17-15-21-5-8(28-15)6-24-10-3-1-2-4-23(10)13(26)11(24)12(25)9-7-27-14(22-9)16(18,19)20/h1-5,7H,6H2/p+1. The van der Waals surface area contributed by atoms with Gasteiger partial charge in [-0.2, -0.15) is 17.6 Å². The molecule has 28 heavy (non-hydrogen) atoms. The molecule has 0 bridgehead atoms. The zero-order valence-electron chi connectivity index (χ0n) is 13.6. The van der Waals surface area contributed by atoms with E-state index < -0.39 is 22.8 Å². The number of imidazole rings is 1. The van der Waals surface area contributed by atoms with Crippen molar-refractivity contribution in [3.8, 4) is 5.88 Å². The molecule has 0 aliphatic heterocycles. The first-order chi connectivity index (χ1) is 13.3. The van der Waals surface area contributed by atoms with Crippen molar-refractivity contribution < 1.29 is 27.5 Å². The van der Waals surface area contributed by atoms with Gasteiger partial charge in [-0.25, -0.2) is 14.5 Å². The van der Waals surface area contributed by atoms with Gasteiger partial charge >= 0.3 is 12.1 Å². The van der Waals surface area contributed by atoms with Crippen molar-refractivity contribution in [1.82, 2.24) is 14.5 Å². The zero-order chi connectivity index (χ0) is 20.1. The van der Waals surface area contributed by atoms with Crippen LogP contribution in [0.25, 0.3) is 5.65 Å². The molecule has 12 heteroatoms. The van der Waals surface area contributed by atoms with Gasteiger partial charge in [0.15, 0.2) is 9.47 Å². The van der Waals surface area contributed by atoms with Crippen LogP contribution in [0.2, 0.25) is 4.47 Å². The summed E-state index contributed by atoms with van der Waals surface area (Å²) in [5.41, 5.74) is -0.0893. The maximum atomic E-state index is 12.9. The van der Waals surface area contributed by atoms with E-state index in [0.717, 1.165) is 5.38 Å². The molecule has 0 atom stereocenters. The number of alkyl halides is 3. The lowest BCUT2D eigenvalue weighted by Crippen LogP contribution is -2.19. The number of halogens is 4. The molecule has 144 valence electrons. The summed E-state index contributed by atoms with van der Waals surface area (Å²) in [5.74, 6) is -1.21. The molecule has 4 rings (SSSR count). The number of fused-ring (bicyclic) bond motifs is 1. The molecule has 4 aromatic heterocycles. The van der Waals surface area contributed by atoms with E-state index in [-0.39, 0.29) is 17.9 Å². The molecule has 0 radical (unpaired) electrons. The Morgan fingerprint density at radius 2 is 2.14 bits per heavy atom. The maximum absolute atomic E-state index is 12.9. The fraction of sp³-hybridized carbons (Fsp3) is 0.125. The van der Waals surface area contributed by atoms with Crippen molar-refractivity contribution in [2.45, 2.75) is 12.7 Å². The highest BCUT2D eigenvalue weighted by atomic mass is 35.5. The Morgan fingerprint density at radius 3 is 2.79 bits per heavy atom. The minimum Gasteiger partial charge on any atom is -0.474 e. The van der Waals surface area contributed by atoms with Crippen LogP contribution < -0.4 is 4.40 Å². The fourth-order valence-electron chi connectivity index (χ4n) is 2.71. The van der Waals surface area contributed by atoms with Gasteiger partial charge in [0.2, 0.25) is 0 Å². The molecule has 0 aromatic carbocycles. The summed E-state index contributed by atoms with van der Waals surface area (Å²) in [7, 11) is 0. The van der Waals surface area contributed by atoms with Crippen molar-refractivity contribution in [2.24, 2.45) is 0 Å². The third-order valence-corrected chi connectivity index (χ3v) is 5.85. The van der Waals surface area contributed by atoms with Gasteiger partial charge in [0.1, 0.15) is 12.2 Å². The predicted molar refractivity (Wildman–Crippen MR) is 96.0 cm³/mol. The third kappa shape index (κ3) is 3.25. The Morgan fingerprint density at radius 1 is 1.36 bits per heavy atom. The van der Waals surface area contributed by atoms with E-state index in [1.54, 1.807) is 24.4 Å². The molecule has 0 fully saturated rings. The Bertz CT molecular complexity index is 1200. The van der Waals surface area contributed by atoms with Gasteiger partial charge in [-0.1, -0.05) is 17.7 Å². The van der Waals surface area contributed by atoms with E-state index in [2.05, 4.69) is 9.97 Å². The number of carbonyl (C=O) groups is 1. The number of nitrogens with zero attached hydrogens (tertiary/aromatic N) is 4. The van der Waals surface area contributed by atoms with Crippen molar-refractivity contribution in [1.29, 1.82) is 0 Å². The number of ketones is 1. The number of hydrogen-bond donors (Lipinski definition) is 1. The molecule has 0 unspecified atom stereocenters. The molecular formula is C16H9ClF3N4O2S2+. The van der Waals surface area contributed by atoms with Gasteiger partial charge < -0.3 is 5.11 Å². The van der Waals surface area contributed by atoms with Gasteiger partial charge in [-0.05, 0) is 6.07 Å². The number of aromatic hydroxyl groups is 1. The van der Waals surface area contributed by atoms with Gasteiger partial charge in [-0.15, -0.1) is 22.7 Å². The fourth-order valence-corrected chi connectivity index (χ4v) is 4.34. The monoisotopic (exact) mass is 445 g/mol. The SMILES string of the molecule is O=C(c1csc(C(F)(F)F)n1)c1c(O)[n+]2ccccc2n1Cc1cnc(Cl)s1. The maximum Gasteiger partial charge on any atom is 0.443 e. The quantitative estimate of drug-likeness (QED) is 0.383. The van der Waals surface area contributed by atoms with E-state index in [1.165, 1.54) is 26.5 Å². The van der Waals surface area contributed by atoms with Crippen molar-refractivity contribution in [3.05, 3.63) is 61.7 Å². The summed E-state index contributed by atoms with van der Waals surface area (Å²) >= 11 is 7.37. The van der Waals surface area contributed by atoms with Crippen LogP contribution in [0.1, 0.15) is 26.1 Å². The predicted octanol–water partition coefficient (Wildman–Crippen LogP) is 3.80. The lowest BCUT2D eigenvalue weighted by Gasteiger charge is -2.00. The number of rotatable bonds is 4. The first kappa shape index (κ1) is 18.8. The average molecular weight is 446 g/mol. The summed E-state index contributed by atoms with van der Waals surface area (Å²) in [6.07, 6.45) is -1.58. The summed E-state index contributed by atoms with van der Waals surface area (Å²) in [4.78, 5) is 21.0. The molecule has 4 heterocycles. The Hall–Kier alpha value is -2.50. The molecule has 0 aliphatic rings. The van der Waals surface area contributed by atoms with Crippen molar-refractivity contribution >= 4 is 45.7 Å². The molecule has 1 N–H and O–H groups in total. The van der Waals surface area contributed by atoms with E-state index in [0.29, 0.717) is 26.3 Å². The van der Waals surface area contributed by atoms with Gasteiger partial charge in [-0.3, -0.25) is 4.79 Å². The van der Waals surface area contributed by atoms with Crippen LogP contribution in [0, 0.1) is 0 Å². The second-order valence-electron chi connectivity index (χ2n) is 5.63. The summed E-state index contributed by atoms with van der Waals surface area (Å²) in [6.45, 7) is 0.149. The minimum absolute atomic E-state index is 0.149. The summed E-state index contributed by atoms with van der Waals surface area (Å²) in [6, 6.07) is 5.03. The molecular weight excluding hydrogens is 437 g/mol. The van der Waals surface area contributed by atoms with E-state index in [4.69, 9.17) is 11.6 Å². The van der Waals surface area contributed by atoms with Crippen LogP contribution in [0.4, 0.5) is 13.2 Å². The lowest BCUT2D eigenvalue weighted by atomic mass is 10.2. The second-order valence-corrected chi connectivity index (χ2v) is 8.19. The van der Waals surface area contributed by atoms with E-state index >= 15 is 0 Å².